The first kappa shape index (κ1) is 11.6. The minimum absolute atomic E-state index is 0.279. The first-order chi connectivity index (χ1) is 7.61. The molecule has 0 atom stereocenters. The molecule has 2 rings (SSSR count). The van der Waals surface area contributed by atoms with E-state index in [-0.39, 0.29) is 5.28 Å². The fourth-order valence-electron chi connectivity index (χ4n) is 1.50. The quantitative estimate of drug-likeness (QED) is 0.795. The second-order valence-corrected chi connectivity index (χ2v) is 4.75. The fraction of sp³-hybridized carbons (Fsp3) is 0.273. The van der Waals surface area contributed by atoms with Crippen LogP contribution in [-0.4, -0.2) is 23.6 Å². The number of benzene rings is 1. The van der Waals surface area contributed by atoms with Crippen LogP contribution in [0.15, 0.2) is 22.7 Å². The van der Waals surface area contributed by atoms with Gasteiger partial charge < -0.3 is 4.90 Å². The highest BCUT2D eigenvalue weighted by molar-refractivity contribution is 9.10. The fourth-order valence-corrected chi connectivity index (χ4v) is 2.02. The highest BCUT2D eigenvalue weighted by atomic mass is 79.9. The third kappa shape index (κ3) is 2.13. The van der Waals surface area contributed by atoms with E-state index < -0.39 is 0 Å². The summed E-state index contributed by atoms with van der Waals surface area (Å²) in [5, 5.41) is 1.29. The van der Waals surface area contributed by atoms with Crippen LogP contribution in [0, 0.1) is 0 Å². The van der Waals surface area contributed by atoms with Crippen molar-refractivity contribution in [3.63, 3.8) is 0 Å². The number of fused-ring (bicyclic) bond motifs is 1. The lowest BCUT2D eigenvalue weighted by Gasteiger charge is -2.17. The predicted molar refractivity (Wildman–Crippen MR) is 71.2 cm³/mol. The Morgan fingerprint density at radius 1 is 1.38 bits per heavy atom. The molecule has 0 spiro atoms. The molecule has 0 unspecified atom stereocenters. The molecule has 0 N–H and O–H groups in total. The van der Waals surface area contributed by atoms with Crippen LogP contribution in [-0.2, 0) is 0 Å². The van der Waals surface area contributed by atoms with Gasteiger partial charge in [-0.3, -0.25) is 0 Å². The van der Waals surface area contributed by atoms with Crippen LogP contribution in [0.3, 0.4) is 0 Å². The number of hydrogen-bond acceptors (Lipinski definition) is 3. The highest BCUT2D eigenvalue weighted by Crippen LogP contribution is 2.26. The normalized spacial score (nSPS) is 10.8. The highest BCUT2D eigenvalue weighted by Gasteiger charge is 2.09. The molecule has 3 nitrogen and oxygen atoms in total. The van der Waals surface area contributed by atoms with Gasteiger partial charge in [0.1, 0.15) is 5.82 Å². The van der Waals surface area contributed by atoms with E-state index in [0.717, 1.165) is 27.7 Å². The largest absolute Gasteiger partial charge is 0.359 e. The monoisotopic (exact) mass is 299 g/mol. The number of hydrogen-bond donors (Lipinski definition) is 0. The van der Waals surface area contributed by atoms with Crippen LogP contribution in [0.25, 0.3) is 10.9 Å². The summed E-state index contributed by atoms with van der Waals surface area (Å²) in [5.41, 5.74) is 0.852. The Bertz CT molecular complexity index is 525. The van der Waals surface area contributed by atoms with Crippen molar-refractivity contribution in [2.45, 2.75) is 6.92 Å². The molecule has 16 heavy (non-hydrogen) atoms. The van der Waals surface area contributed by atoms with Crippen LogP contribution in [0.5, 0.6) is 0 Å². The lowest BCUT2D eigenvalue weighted by Crippen LogP contribution is -2.17. The zero-order valence-corrected chi connectivity index (χ0v) is 11.4. The van der Waals surface area contributed by atoms with E-state index in [4.69, 9.17) is 11.6 Å². The van der Waals surface area contributed by atoms with Crippen LogP contribution in [0.4, 0.5) is 5.82 Å². The van der Waals surface area contributed by atoms with Crippen molar-refractivity contribution in [2.24, 2.45) is 0 Å². The first-order valence-electron chi connectivity index (χ1n) is 4.95. The van der Waals surface area contributed by atoms with Gasteiger partial charge in [-0.05, 0) is 36.7 Å². The predicted octanol–water partition coefficient (Wildman–Crippen LogP) is 3.50. The molecule has 0 saturated carbocycles. The number of anilines is 1. The Kier molecular flexibility index (Phi) is 3.30. The summed E-state index contributed by atoms with van der Waals surface area (Å²) in [6, 6.07) is 5.92. The lowest BCUT2D eigenvalue weighted by molar-refractivity contribution is 0.940. The molecule has 84 valence electrons. The summed E-state index contributed by atoms with van der Waals surface area (Å²) in [6.45, 7) is 2.94. The molecule has 0 amide bonds. The Hall–Kier alpha value is -0.870. The second kappa shape index (κ2) is 4.55. The van der Waals surface area contributed by atoms with Gasteiger partial charge in [0, 0.05) is 23.5 Å². The maximum Gasteiger partial charge on any atom is 0.224 e. The maximum atomic E-state index is 5.91. The van der Waals surface area contributed by atoms with Gasteiger partial charge in [-0.1, -0.05) is 15.9 Å². The van der Waals surface area contributed by atoms with Crippen LogP contribution in [0.2, 0.25) is 5.28 Å². The van der Waals surface area contributed by atoms with Crippen LogP contribution >= 0.6 is 27.5 Å². The number of aromatic nitrogens is 2. The summed E-state index contributed by atoms with van der Waals surface area (Å²) in [7, 11) is 1.99. The van der Waals surface area contributed by atoms with Crippen molar-refractivity contribution < 1.29 is 0 Å². The molecule has 0 aliphatic heterocycles. The summed E-state index contributed by atoms with van der Waals surface area (Å²) >= 11 is 9.33. The molecule has 0 saturated heterocycles. The third-order valence-corrected chi connectivity index (χ3v) is 3.11. The molecule has 1 aromatic carbocycles. The van der Waals surface area contributed by atoms with Crippen molar-refractivity contribution in [3.05, 3.63) is 28.0 Å². The number of rotatable bonds is 2. The zero-order valence-electron chi connectivity index (χ0n) is 9.04. The number of nitrogens with zero attached hydrogens (tertiary/aromatic N) is 3. The van der Waals surface area contributed by atoms with Gasteiger partial charge in [0.2, 0.25) is 5.28 Å². The Balaban J connectivity index is 2.72. The topological polar surface area (TPSA) is 29.0 Å². The zero-order chi connectivity index (χ0) is 11.7. The molecule has 0 aliphatic carbocycles. The van der Waals surface area contributed by atoms with Crippen molar-refractivity contribution in [1.82, 2.24) is 9.97 Å². The molecule has 0 radical (unpaired) electrons. The van der Waals surface area contributed by atoms with Gasteiger partial charge in [0.25, 0.3) is 0 Å². The van der Waals surface area contributed by atoms with Gasteiger partial charge >= 0.3 is 0 Å². The molecular formula is C11H11BrClN3. The Morgan fingerprint density at radius 2 is 2.12 bits per heavy atom. The van der Waals surface area contributed by atoms with E-state index in [1.807, 2.05) is 30.1 Å². The van der Waals surface area contributed by atoms with E-state index in [1.165, 1.54) is 0 Å². The van der Waals surface area contributed by atoms with E-state index in [2.05, 4.69) is 32.8 Å². The molecule has 0 aliphatic rings. The summed E-state index contributed by atoms with van der Waals surface area (Å²) in [6.07, 6.45) is 0. The minimum Gasteiger partial charge on any atom is -0.359 e. The average molecular weight is 301 g/mol. The molecule has 5 heteroatoms. The standard InChI is InChI=1S/C11H11BrClN3/c1-3-16(2)10-8-5-4-7(12)6-9(8)14-11(13)15-10/h4-6H,3H2,1-2H3. The summed E-state index contributed by atoms with van der Waals surface area (Å²) in [5.74, 6) is 0.866. The molecule has 0 bridgehead atoms. The maximum absolute atomic E-state index is 5.91. The number of halogens is 2. The van der Waals surface area contributed by atoms with Gasteiger partial charge in [-0.15, -0.1) is 0 Å². The van der Waals surface area contributed by atoms with E-state index in [0.29, 0.717) is 0 Å². The SMILES string of the molecule is CCN(C)c1nc(Cl)nc2cc(Br)ccc12. The van der Waals surface area contributed by atoms with Crippen LogP contribution in [0.1, 0.15) is 6.92 Å². The van der Waals surface area contributed by atoms with E-state index in [9.17, 15) is 0 Å². The molecule has 1 aromatic heterocycles. The molecule has 0 fully saturated rings. The van der Waals surface area contributed by atoms with Crippen molar-refractivity contribution in [1.29, 1.82) is 0 Å². The van der Waals surface area contributed by atoms with E-state index >= 15 is 0 Å². The summed E-state index contributed by atoms with van der Waals surface area (Å²) < 4.78 is 0.986. The van der Waals surface area contributed by atoms with Crippen molar-refractivity contribution in [2.75, 3.05) is 18.5 Å². The van der Waals surface area contributed by atoms with Gasteiger partial charge in [-0.2, -0.15) is 4.98 Å². The summed E-state index contributed by atoms with van der Waals surface area (Å²) in [4.78, 5) is 10.5. The van der Waals surface area contributed by atoms with Gasteiger partial charge in [0.15, 0.2) is 0 Å². The van der Waals surface area contributed by atoms with Gasteiger partial charge in [-0.25, -0.2) is 4.98 Å². The van der Waals surface area contributed by atoms with Crippen LogP contribution < -0.4 is 4.90 Å². The average Bonchev–Trinajstić information content (AvgIpc) is 2.26. The Morgan fingerprint density at radius 3 is 2.81 bits per heavy atom. The molecule has 2 aromatic rings. The molecule has 1 heterocycles. The Labute approximate surface area is 108 Å². The van der Waals surface area contributed by atoms with Gasteiger partial charge in [0.05, 0.1) is 5.52 Å². The van der Waals surface area contributed by atoms with Crippen molar-refractivity contribution >= 4 is 44.3 Å². The minimum atomic E-state index is 0.279. The van der Waals surface area contributed by atoms with E-state index in [1.54, 1.807) is 0 Å². The van der Waals surface area contributed by atoms with Crippen molar-refractivity contribution in [3.8, 4) is 0 Å². The third-order valence-electron chi connectivity index (χ3n) is 2.45. The first-order valence-corrected chi connectivity index (χ1v) is 6.13. The lowest BCUT2D eigenvalue weighted by atomic mass is 10.2. The second-order valence-electron chi connectivity index (χ2n) is 3.49. The smallest absolute Gasteiger partial charge is 0.224 e. The molecular weight excluding hydrogens is 289 g/mol.